The van der Waals surface area contributed by atoms with E-state index in [4.69, 9.17) is 0 Å². The van der Waals surface area contributed by atoms with Crippen LogP contribution in [0.15, 0.2) is 87.1 Å². The van der Waals surface area contributed by atoms with Crippen molar-refractivity contribution < 1.29 is 18.0 Å². The summed E-state index contributed by atoms with van der Waals surface area (Å²) < 4.78 is 29.9. The van der Waals surface area contributed by atoms with Crippen molar-refractivity contribution >= 4 is 55.2 Å². The standard InChI is InChI=1S/C31H36BrN3O4S2/c1-22-11-13-27(14-12-22)35(41(38,39)29-17-15-28(40-3)16-18-29)21-30(36)34(20-24-7-6-8-25(32)19-24)23(2)31(37)33-26-9-4-5-10-26/h6-8,11-19,23,26H,4-5,9-10,20-21H2,1-3H3,(H,33,37)/t23-/m0/s1. The number of amides is 2. The van der Waals surface area contributed by atoms with Gasteiger partial charge in [-0.05, 0) is 87.0 Å². The SMILES string of the molecule is CSc1ccc(S(=O)(=O)N(CC(=O)N(Cc2cccc(Br)c2)[C@@H](C)C(=O)NC2CCCC2)c2ccc(C)cc2)cc1. The van der Waals surface area contributed by atoms with Crippen LogP contribution in [0.3, 0.4) is 0 Å². The number of thioether (sulfide) groups is 1. The van der Waals surface area contributed by atoms with Gasteiger partial charge in [0.2, 0.25) is 11.8 Å². The van der Waals surface area contributed by atoms with E-state index in [-0.39, 0.29) is 23.4 Å². The first kappa shape index (κ1) is 31.1. The predicted octanol–water partition coefficient (Wildman–Crippen LogP) is 6.15. The van der Waals surface area contributed by atoms with Crippen molar-refractivity contribution in [3.63, 3.8) is 0 Å². The second-order valence-electron chi connectivity index (χ2n) is 10.3. The number of sulfonamides is 1. The van der Waals surface area contributed by atoms with Crippen LogP contribution in [0.25, 0.3) is 0 Å². The molecule has 41 heavy (non-hydrogen) atoms. The molecule has 0 unspecified atom stereocenters. The number of rotatable bonds is 11. The molecule has 0 radical (unpaired) electrons. The fraction of sp³-hybridized carbons (Fsp3) is 0.355. The van der Waals surface area contributed by atoms with Gasteiger partial charge >= 0.3 is 0 Å². The molecule has 1 fully saturated rings. The largest absolute Gasteiger partial charge is 0.352 e. The van der Waals surface area contributed by atoms with E-state index < -0.39 is 28.5 Å². The van der Waals surface area contributed by atoms with Crippen LogP contribution in [-0.4, -0.2) is 50.0 Å². The number of benzene rings is 3. The lowest BCUT2D eigenvalue weighted by Crippen LogP contribution is -2.52. The molecule has 1 N–H and O–H groups in total. The molecule has 1 aliphatic rings. The maximum absolute atomic E-state index is 14.1. The molecule has 0 bridgehead atoms. The third-order valence-corrected chi connectivity index (χ3v) is 10.4. The number of nitrogens with zero attached hydrogens (tertiary/aromatic N) is 2. The number of aryl methyl sites for hydroxylation is 1. The van der Waals surface area contributed by atoms with Crippen molar-refractivity contribution in [2.45, 2.75) is 68.0 Å². The monoisotopic (exact) mass is 657 g/mol. The van der Waals surface area contributed by atoms with E-state index in [0.717, 1.165) is 50.5 Å². The molecule has 4 rings (SSSR count). The minimum absolute atomic E-state index is 0.0919. The van der Waals surface area contributed by atoms with Gasteiger partial charge in [0.05, 0.1) is 10.6 Å². The molecule has 0 aromatic heterocycles. The molecule has 10 heteroatoms. The molecule has 0 aliphatic heterocycles. The molecule has 2 amide bonds. The van der Waals surface area contributed by atoms with Crippen molar-refractivity contribution in [1.82, 2.24) is 10.2 Å². The Balaban J connectivity index is 1.68. The van der Waals surface area contributed by atoms with Crippen molar-refractivity contribution in [1.29, 1.82) is 0 Å². The quantitative estimate of drug-likeness (QED) is 0.250. The van der Waals surface area contributed by atoms with Gasteiger partial charge in [-0.1, -0.05) is 58.6 Å². The minimum atomic E-state index is -4.10. The lowest BCUT2D eigenvalue weighted by Gasteiger charge is -2.32. The van der Waals surface area contributed by atoms with Gasteiger partial charge in [-0.2, -0.15) is 0 Å². The van der Waals surface area contributed by atoms with Gasteiger partial charge in [-0.3, -0.25) is 13.9 Å². The van der Waals surface area contributed by atoms with Crippen LogP contribution < -0.4 is 9.62 Å². The Morgan fingerprint density at radius 3 is 2.29 bits per heavy atom. The van der Waals surface area contributed by atoms with Crippen LogP contribution in [0.5, 0.6) is 0 Å². The van der Waals surface area contributed by atoms with E-state index in [1.807, 2.05) is 49.6 Å². The molecule has 1 saturated carbocycles. The average Bonchev–Trinajstić information content (AvgIpc) is 3.48. The maximum Gasteiger partial charge on any atom is 0.264 e. The highest BCUT2D eigenvalue weighted by atomic mass is 79.9. The summed E-state index contributed by atoms with van der Waals surface area (Å²) in [5.41, 5.74) is 2.17. The summed E-state index contributed by atoms with van der Waals surface area (Å²) in [5, 5.41) is 3.09. The van der Waals surface area contributed by atoms with Crippen molar-refractivity contribution in [3.05, 3.63) is 88.4 Å². The molecule has 0 saturated heterocycles. The predicted molar refractivity (Wildman–Crippen MR) is 168 cm³/mol. The Hall–Kier alpha value is -2.82. The number of halogens is 1. The molecule has 218 valence electrons. The molecular formula is C31H36BrN3O4S2. The van der Waals surface area contributed by atoms with Gasteiger partial charge in [0, 0.05) is 22.0 Å². The zero-order chi connectivity index (χ0) is 29.6. The lowest BCUT2D eigenvalue weighted by molar-refractivity contribution is -0.139. The first-order valence-electron chi connectivity index (χ1n) is 13.7. The number of nitrogens with one attached hydrogen (secondary N) is 1. The summed E-state index contributed by atoms with van der Waals surface area (Å²) in [6.07, 6.45) is 5.91. The van der Waals surface area contributed by atoms with Crippen LogP contribution >= 0.6 is 27.7 Å². The summed E-state index contributed by atoms with van der Waals surface area (Å²) >= 11 is 5.00. The van der Waals surface area contributed by atoms with Gasteiger partial charge in [0.1, 0.15) is 12.6 Å². The molecule has 1 atom stereocenters. The average molecular weight is 659 g/mol. The minimum Gasteiger partial charge on any atom is -0.352 e. The molecular weight excluding hydrogens is 622 g/mol. The van der Waals surface area contributed by atoms with E-state index >= 15 is 0 Å². The molecule has 0 heterocycles. The third-order valence-electron chi connectivity index (χ3n) is 7.36. The van der Waals surface area contributed by atoms with Crippen molar-refractivity contribution in [2.24, 2.45) is 0 Å². The zero-order valence-corrected chi connectivity index (χ0v) is 26.8. The molecule has 7 nitrogen and oxygen atoms in total. The number of carbonyl (C=O) groups excluding carboxylic acids is 2. The lowest BCUT2D eigenvalue weighted by atomic mass is 10.1. The Bertz CT molecular complexity index is 1460. The first-order chi connectivity index (χ1) is 19.6. The summed E-state index contributed by atoms with van der Waals surface area (Å²) in [6.45, 7) is 3.32. The Kier molecular flexibility index (Phi) is 10.5. The van der Waals surface area contributed by atoms with Crippen molar-refractivity contribution in [3.8, 4) is 0 Å². The van der Waals surface area contributed by atoms with Crippen LogP contribution in [0.2, 0.25) is 0 Å². The second-order valence-corrected chi connectivity index (χ2v) is 14.0. The van der Waals surface area contributed by atoms with Crippen LogP contribution in [-0.2, 0) is 26.2 Å². The number of hydrogen-bond acceptors (Lipinski definition) is 5. The second kappa shape index (κ2) is 13.9. The highest BCUT2D eigenvalue weighted by Gasteiger charge is 2.33. The van der Waals surface area contributed by atoms with E-state index in [1.54, 1.807) is 43.3 Å². The van der Waals surface area contributed by atoms with Crippen molar-refractivity contribution in [2.75, 3.05) is 17.1 Å². The molecule has 3 aromatic carbocycles. The van der Waals surface area contributed by atoms with Gasteiger partial charge in [0.25, 0.3) is 10.0 Å². The fourth-order valence-corrected chi connectivity index (χ4v) is 7.19. The van der Waals surface area contributed by atoms with E-state index in [9.17, 15) is 18.0 Å². The highest BCUT2D eigenvalue weighted by molar-refractivity contribution is 9.10. The Morgan fingerprint density at radius 1 is 1.02 bits per heavy atom. The van der Waals surface area contributed by atoms with Crippen LogP contribution in [0.1, 0.15) is 43.7 Å². The van der Waals surface area contributed by atoms with Crippen LogP contribution in [0.4, 0.5) is 5.69 Å². The fourth-order valence-electron chi connectivity index (χ4n) is 4.92. The van der Waals surface area contributed by atoms with E-state index in [0.29, 0.717) is 5.69 Å². The van der Waals surface area contributed by atoms with Gasteiger partial charge in [-0.25, -0.2) is 8.42 Å². The Labute approximate surface area is 255 Å². The summed E-state index contributed by atoms with van der Waals surface area (Å²) in [7, 11) is -4.10. The van der Waals surface area contributed by atoms with E-state index in [1.165, 1.54) is 16.7 Å². The Morgan fingerprint density at radius 2 is 1.68 bits per heavy atom. The van der Waals surface area contributed by atoms with Gasteiger partial charge in [-0.15, -0.1) is 11.8 Å². The normalized spacial score (nSPS) is 14.4. The van der Waals surface area contributed by atoms with Gasteiger partial charge in [0.15, 0.2) is 0 Å². The summed E-state index contributed by atoms with van der Waals surface area (Å²) in [6, 6.07) is 20.5. The zero-order valence-electron chi connectivity index (χ0n) is 23.5. The highest BCUT2D eigenvalue weighted by Crippen LogP contribution is 2.27. The van der Waals surface area contributed by atoms with Crippen LogP contribution in [0, 0.1) is 6.92 Å². The summed E-state index contributed by atoms with van der Waals surface area (Å²) in [4.78, 5) is 29.9. The molecule has 1 aliphatic carbocycles. The number of carbonyl (C=O) groups is 2. The molecule has 3 aromatic rings. The first-order valence-corrected chi connectivity index (χ1v) is 17.1. The topological polar surface area (TPSA) is 86.8 Å². The third kappa shape index (κ3) is 7.93. The summed E-state index contributed by atoms with van der Waals surface area (Å²) in [5.74, 6) is -0.707. The van der Waals surface area contributed by atoms with Gasteiger partial charge < -0.3 is 10.2 Å². The number of hydrogen-bond donors (Lipinski definition) is 1. The number of anilines is 1. The van der Waals surface area contributed by atoms with E-state index in [2.05, 4.69) is 21.2 Å². The maximum atomic E-state index is 14.1. The smallest absolute Gasteiger partial charge is 0.264 e. The molecule has 0 spiro atoms.